The topological polar surface area (TPSA) is 61.5 Å². The van der Waals surface area contributed by atoms with Gasteiger partial charge in [0.1, 0.15) is 28.7 Å². The number of esters is 1. The molecule has 0 unspecified atom stereocenters. The van der Waals surface area contributed by atoms with E-state index in [-0.39, 0.29) is 23.1 Å². The molecule has 0 atom stereocenters. The van der Waals surface area contributed by atoms with Crippen molar-refractivity contribution in [2.45, 2.75) is 33.0 Å². The highest BCUT2D eigenvalue weighted by atomic mass is 35.5. The molecule has 0 aliphatic heterocycles. The van der Waals surface area contributed by atoms with Crippen LogP contribution in [0.1, 0.15) is 31.9 Å². The van der Waals surface area contributed by atoms with Crippen LogP contribution in [0, 0.1) is 0 Å². The number of benzene rings is 2. The summed E-state index contributed by atoms with van der Waals surface area (Å²) in [5.41, 5.74) is 7.63. The van der Waals surface area contributed by atoms with Gasteiger partial charge in [0.2, 0.25) is 0 Å². The van der Waals surface area contributed by atoms with Crippen molar-refractivity contribution < 1.29 is 14.3 Å². The summed E-state index contributed by atoms with van der Waals surface area (Å²) in [7, 11) is 0. The van der Waals surface area contributed by atoms with Gasteiger partial charge in [-0.3, -0.25) is 0 Å². The van der Waals surface area contributed by atoms with Gasteiger partial charge in [0, 0.05) is 0 Å². The van der Waals surface area contributed by atoms with Crippen molar-refractivity contribution in [3.8, 4) is 0 Å². The molecule has 2 N–H and O–H groups in total. The van der Waals surface area contributed by atoms with Gasteiger partial charge in [-0.15, -0.1) is 0 Å². The maximum Gasteiger partial charge on any atom is 0.345 e. The summed E-state index contributed by atoms with van der Waals surface area (Å²) in [5, 5.41) is -0.214. The molecule has 0 amide bonds. The van der Waals surface area contributed by atoms with Crippen molar-refractivity contribution in [2.24, 2.45) is 5.73 Å². The Bertz CT molecular complexity index is 980. The van der Waals surface area contributed by atoms with Crippen molar-refractivity contribution >= 4 is 23.6 Å². The Morgan fingerprint density at radius 2 is 1.65 bits per heavy atom. The van der Waals surface area contributed by atoms with Crippen LogP contribution in [0.3, 0.4) is 0 Å². The van der Waals surface area contributed by atoms with Gasteiger partial charge < -0.3 is 15.2 Å². The molecule has 0 aliphatic rings. The fourth-order valence-electron chi connectivity index (χ4n) is 2.55. The van der Waals surface area contributed by atoms with E-state index in [4.69, 9.17) is 26.8 Å². The third kappa shape index (κ3) is 8.57. The zero-order chi connectivity index (χ0) is 22.9. The number of hydrogen-bond acceptors (Lipinski definition) is 4. The van der Waals surface area contributed by atoms with Crippen LogP contribution in [0.25, 0.3) is 6.08 Å². The van der Waals surface area contributed by atoms with Gasteiger partial charge in [0.15, 0.2) is 0 Å². The molecule has 31 heavy (non-hydrogen) atoms. The minimum absolute atomic E-state index is 0.0400. The molecule has 0 radical (unpaired) electrons. The van der Waals surface area contributed by atoms with Crippen molar-refractivity contribution in [1.82, 2.24) is 0 Å². The molecule has 162 valence electrons. The Balaban J connectivity index is 2.34. The molecule has 2 aromatic rings. The van der Waals surface area contributed by atoms with E-state index in [1.165, 1.54) is 0 Å². The monoisotopic (exact) mass is 437 g/mol. The predicted molar refractivity (Wildman–Crippen MR) is 127 cm³/mol. The van der Waals surface area contributed by atoms with Gasteiger partial charge in [-0.25, -0.2) is 4.79 Å². The Kier molecular flexibility index (Phi) is 8.71. The van der Waals surface area contributed by atoms with Crippen LogP contribution < -0.4 is 5.73 Å². The maximum absolute atomic E-state index is 12.8. The van der Waals surface area contributed by atoms with Crippen LogP contribution in [0.15, 0.2) is 101 Å². The van der Waals surface area contributed by atoms with Crippen molar-refractivity contribution in [1.29, 1.82) is 0 Å². The van der Waals surface area contributed by atoms with Gasteiger partial charge in [-0.2, -0.15) is 0 Å². The molecule has 0 heterocycles. The smallest absolute Gasteiger partial charge is 0.345 e. The summed E-state index contributed by atoms with van der Waals surface area (Å²) in [4.78, 5) is 12.8. The highest BCUT2D eigenvalue weighted by molar-refractivity contribution is 6.31. The van der Waals surface area contributed by atoms with E-state index >= 15 is 0 Å². The van der Waals surface area contributed by atoms with E-state index in [9.17, 15) is 4.79 Å². The molecular weight excluding hydrogens is 410 g/mol. The lowest BCUT2D eigenvalue weighted by Crippen LogP contribution is -2.27. The highest BCUT2D eigenvalue weighted by Gasteiger charge is 2.26. The molecule has 4 nitrogen and oxygen atoms in total. The fraction of sp³-hybridized carbons (Fsp3) is 0.192. The first kappa shape index (κ1) is 24.0. The van der Waals surface area contributed by atoms with Crippen LogP contribution in [0.2, 0.25) is 0 Å². The van der Waals surface area contributed by atoms with E-state index in [2.05, 4.69) is 6.58 Å². The number of nitrogens with two attached hydrogens (primary N) is 1. The summed E-state index contributed by atoms with van der Waals surface area (Å²) in [6.45, 7) is 9.56. The largest absolute Gasteiger partial charge is 0.488 e. The molecule has 2 aromatic carbocycles. The third-order valence-corrected chi connectivity index (χ3v) is 4.12. The van der Waals surface area contributed by atoms with E-state index in [1.54, 1.807) is 26.8 Å². The first-order valence-corrected chi connectivity index (χ1v) is 10.2. The normalized spacial score (nSPS) is 13.0. The third-order valence-electron chi connectivity index (χ3n) is 3.93. The molecule has 0 aliphatic carbocycles. The van der Waals surface area contributed by atoms with Crippen LogP contribution in [0.4, 0.5) is 0 Å². The summed E-state index contributed by atoms with van der Waals surface area (Å²) >= 11 is 6.09. The number of carbonyl (C=O) groups excluding carboxylic acids is 1. The zero-order valence-corrected chi connectivity index (χ0v) is 18.9. The van der Waals surface area contributed by atoms with Crippen LogP contribution in [-0.4, -0.2) is 11.6 Å². The SMILES string of the molecule is C=C(/C=C/c1ccccc1)/C=C(OCc1ccccc1)\C(C(=O)OC(C)(C)C)=C(/N)Cl. The first-order valence-electron chi connectivity index (χ1n) is 9.85. The average molecular weight is 438 g/mol. The minimum Gasteiger partial charge on any atom is -0.488 e. The molecule has 0 aromatic heterocycles. The van der Waals surface area contributed by atoms with Gasteiger partial charge in [0.25, 0.3) is 0 Å². The average Bonchev–Trinajstić information content (AvgIpc) is 2.70. The molecule has 2 rings (SSSR count). The van der Waals surface area contributed by atoms with Crippen molar-refractivity contribution in [3.05, 3.63) is 113 Å². The van der Waals surface area contributed by atoms with E-state index in [0.29, 0.717) is 5.57 Å². The van der Waals surface area contributed by atoms with Crippen LogP contribution in [-0.2, 0) is 20.9 Å². The molecule has 0 saturated carbocycles. The highest BCUT2D eigenvalue weighted by Crippen LogP contribution is 2.24. The quantitative estimate of drug-likeness (QED) is 0.178. The lowest BCUT2D eigenvalue weighted by atomic mass is 10.1. The second-order valence-electron chi connectivity index (χ2n) is 7.83. The molecule has 0 bridgehead atoms. The fourth-order valence-corrected chi connectivity index (χ4v) is 2.72. The number of halogens is 1. The number of hydrogen-bond donors (Lipinski definition) is 1. The Morgan fingerprint density at radius 1 is 1.06 bits per heavy atom. The lowest BCUT2D eigenvalue weighted by Gasteiger charge is -2.22. The minimum atomic E-state index is -0.719. The molecule has 0 spiro atoms. The van der Waals surface area contributed by atoms with Gasteiger partial charge in [0.05, 0.1) is 0 Å². The summed E-state index contributed by atoms with van der Waals surface area (Å²) < 4.78 is 11.4. The van der Waals surface area contributed by atoms with Crippen molar-refractivity contribution in [3.63, 3.8) is 0 Å². The molecular formula is C26H28ClNO3. The molecule has 5 heteroatoms. The Hall–Kier alpha value is -3.24. The van der Waals surface area contributed by atoms with E-state index in [0.717, 1.165) is 11.1 Å². The van der Waals surface area contributed by atoms with E-state index < -0.39 is 11.6 Å². The van der Waals surface area contributed by atoms with Crippen LogP contribution >= 0.6 is 11.6 Å². The van der Waals surface area contributed by atoms with Gasteiger partial charge in [-0.1, -0.05) is 91.0 Å². The first-order chi connectivity index (χ1) is 14.7. The van der Waals surface area contributed by atoms with Gasteiger partial charge in [-0.05, 0) is 43.5 Å². The lowest BCUT2D eigenvalue weighted by molar-refractivity contribution is -0.150. The number of rotatable bonds is 8. The van der Waals surface area contributed by atoms with Crippen molar-refractivity contribution in [2.75, 3.05) is 0 Å². The summed E-state index contributed by atoms with van der Waals surface area (Å²) in [5.74, 6) is -0.479. The molecule has 0 saturated heterocycles. The number of allylic oxidation sites excluding steroid dienone is 3. The predicted octanol–water partition coefficient (Wildman–Crippen LogP) is 6.11. The molecule has 0 fully saturated rings. The van der Waals surface area contributed by atoms with Crippen LogP contribution in [0.5, 0.6) is 0 Å². The maximum atomic E-state index is 12.8. The number of carbonyl (C=O) groups is 1. The standard InChI is InChI=1S/C26H28ClNO3/c1-19(15-16-20-11-7-5-8-12-20)17-22(30-18-21-13-9-6-10-14-21)23(24(27)28)25(29)31-26(2,3)4/h5-17H,1,18,28H2,2-4H3/b16-15+,22-17+,24-23+. The Labute approximate surface area is 189 Å². The summed E-state index contributed by atoms with van der Waals surface area (Å²) in [6, 6.07) is 19.4. The van der Waals surface area contributed by atoms with E-state index in [1.807, 2.05) is 72.8 Å². The Morgan fingerprint density at radius 3 is 2.19 bits per heavy atom. The second-order valence-corrected chi connectivity index (χ2v) is 8.23. The summed E-state index contributed by atoms with van der Waals surface area (Å²) in [6.07, 6.45) is 5.35. The zero-order valence-electron chi connectivity index (χ0n) is 18.1. The number of ether oxygens (including phenoxy) is 2. The van der Waals surface area contributed by atoms with Gasteiger partial charge >= 0.3 is 5.97 Å². The second kappa shape index (κ2) is 11.2.